The number of hydrogen-bond donors (Lipinski definition) is 3. The molecule has 13 heteroatoms. The monoisotopic (exact) mass is 588 g/mol. The molecule has 0 bridgehead atoms. The second kappa shape index (κ2) is 12.5. The van der Waals surface area contributed by atoms with Crippen LogP contribution < -0.4 is 4.72 Å². The fourth-order valence-electron chi connectivity index (χ4n) is 5.05. The maximum atomic E-state index is 14.1. The molecular formula is C27H32F4N2O6S. The number of aryl methyl sites for hydroxylation is 1. The average molecular weight is 589 g/mol. The van der Waals surface area contributed by atoms with E-state index >= 15 is 0 Å². The van der Waals surface area contributed by atoms with Crippen LogP contribution in [0, 0.1) is 11.7 Å². The summed E-state index contributed by atoms with van der Waals surface area (Å²) in [6.07, 6.45) is -1.00. The molecule has 0 unspecified atom stereocenters. The van der Waals surface area contributed by atoms with E-state index in [4.69, 9.17) is 9.90 Å². The second-order valence-electron chi connectivity index (χ2n) is 9.82. The van der Waals surface area contributed by atoms with Gasteiger partial charge in [0.15, 0.2) is 0 Å². The van der Waals surface area contributed by atoms with Gasteiger partial charge in [-0.2, -0.15) is 13.2 Å². The molecule has 0 saturated heterocycles. The number of rotatable bonds is 9. The fraction of sp³-hybridized carbons (Fsp3) is 0.481. The van der Waals surface area contributed by atoms with Gasteiger partial charge >= 0.3 is 18.1 Å². The van der Waals surface area contributed by atoms with Crippen molar-refractivity contribution in [2.24, 2.45) is 5.92 Å². The summed E-state index contributed by atoms with van der Waals surface area (Å²) >= 11 is 0. The number of alkyl halides is 3. The van der Waals surface area contributed by atoms with Crippen molar-refractivity contribution < 1.29 is 45.8 Å². The van der Waals surface area contributed by atoms with Crippen LogP contribution in [0.5, 0.6) is 0 Å². The highest BCUT2D eigenvalue weighted by Crippen LogP contribution is 2.50. The number of aromatic carboxylic acids is 1. The van der Waals surface area contributed by atoms with Crippen molar-refractivity contribution in [1.82, 2.24) is 4.90 Å². The molecule has 3 N–H and O–H groups in total. The minimum absolute atomic E-state index is 0.0185. The number of aliphatic carboxylic acids is 1. The van der Waals surface area contributed by atoms with E-state index in [0.717, 1.165) is 56.9 Å². The summed E-state index contributed by atoms with van der Waals surface area (Å²) in [6.45, 7) is 6.83. The number of anilines is 1. The number of carbonyl (C=O) groups is 2. The van der Waals surface area contributed by atoms with Gasteiger partial charge in [0.25, 0.3) is 10.0 Å². The number of halogens is 4. The van der Waals surface area contributed by atoms with E-state index in [9.17, 15) is 35.9 Å². The summed E-state index contributed by atoms with van der Waals surface area (Å²) in [5, 5.41) is 17.0. The van der Waals surface area contributed by atoms with Crippen molar-refractivity contribution in [1.29, 1.82) is 0 Å². The maximum absolute atomic E-state index is 14.1. The van der Waals surface area contributed by atoms with Gasteiger partial charge in [0.05, 0.1) is 16.1 Å². The molecule has 2 aromatic rings. The first-order valence-corrected chi connectivity index (χ1v) is 14.4. The Morgan fingerprint density at radius 3 is 2.25 bits per heavy atom. The minimum Gasteiger partial charge on any atom is -0.478 e. The van der Waals surface area contributed by atoms with Crippen LogP contribution in [0.3, 0.4) is 0 Å². The van der Waals surface area contributed by atoms with E-state index in [1.54, 1.807) is 0 Å². The van der Waals surface area contributed by atoms with Gasteiger partial charge in [-0.05, 0) is 98.0 Å². The molecule has 2 aromatic carbocycles. The number of benzene rings is 2. The molecule has 0 aromatic heterocycles. The molecule has 0 spiro atoms. The second-order valence-corrected chi connectivity index (χ2v) is 11.5. The molecule has 4 rings (SSSR count). The van der Waals surface area contributed by atoms with Gasteiger partial charge < -0.3 is 15.1 Å². The Kier molecular flexibility index (Phi) is 9.83. The van der Waals surface area contributed by atoms with Gasteiger partial charge in [-0.3, -0.25) is 4.72 Å². The molecule has 220 valence electrons. The molecule has 8 nitrogen and oxygen atoms in total. The SMILES string of the molecule is CCN(CC)C[C@@H]1C[C@@H]1c1cc(F)ccc1S(=O)(=O)Nc1ccc2c(c1C(=O)O)CCCC2.O=C(O)C(F)(F)F. The lowest BCUT2D eigenvalue weighted by molar-refractivity contribution is -0.192. The van der Waals surface area contributed by atoms with Gasteiger partial charge in [-0.1, -0.05) is 19.9 Å². The third kappa shape index (κ3) is 7.51. The molecule has 40 heavy (non-hydrogen) atoms. The number of hydrogen-bond acceptors (Lipinski definition) is 5. The van der Waals surface area contributed by atoms with E-state index in [0.29, 0.717) is 17.5 Å². The van der Waals surface area contributed by atoms with E-state index < -0.39 is 34.0 Å². The molecule has 1 saturated carbocycles. The molecule has 1 fully saturated rings. The largest absolute Gasteiger partial charge is 0.490 e. The van der Waals surface area contributed by atoms with Crippen LogP contribution in [0.2, 0.25) is 0 Å². The van der Waals surface area contributed by atoms with E-state index in [-0.39, 0.29) is 28.0 Å². The molecule has 2 aliphatic carbocycles. The topological polar surface area (TPSA) is 124 Å². The zero-order chi connectivity index (χ0) is 29.8. The van der Waals surface area contributed by atoms with Crippen molar-refractivity contribution >= 4 is 27.6 Å². The summed E-state index contributed by atoms with van der Waals surface area (Å²) in [5.41, 5.74) is 2.21. The standard InChI is InChI=1S/C25H31FN2O4S.C2HF3O2/c1-3-28(4-2)15-17-13-20(17)21-14-18(26)10-12-23(21)33(31,32)27-22-11-9-16-7-5-6-8-19(16)24(22)25(29)30;3-2(4,5)1(6)7/h9-12,14,17,20,27H,3-8,13,15H2,1-2H3,(H,29,30);(H,6,7)/t17-,20-;/m0./s1. The minimum atomic E-state index is -5.08. The lowest BCUT2D eigenvalue weighted by Gasteiger charge is -2.21. The molecule has 0 heterocycles. The van der Waals surface area contributed by atoms with Crippen LogP contribution in [-0.4, -0.2) is 61.3 Å². The van der Waals surface area contributed by atoms with Gasteiger partial charge in [0.2, 0.25) is 0 Å². The van der Waals surface area contributed by atoms with Gasteiger partial charge in [-0.25, -0.2) is 22.4 Å². The van der Waals surface area contributed by atoms with Crippen molar-refractivity contribution in [3.05, 3.63) is 58.4 Å². The Balaban J connectivity index is 0.000000559. The molecule has 0 amide bonds. The molecule has 0 radical (unpaired) electrons. The average Bonchev–Trinajstić information content (AvgIpc) is 3.65. The Bertz CT molecular complexity index is 1360. The van der Waals surface area contributed by atoms with Crippen LogP contribution in [0.15, 0.2) is 35.2 Å². The highest BCUT2D eigenvalue weighted by Gasteiger charge is 2.42. The Labute approximate surface area is 230 Å². The van der Waals surface area contributed by atoms with Crippen LogP contribution in [-0.2, 0) is 27.7 Å². The third-order valence-electron chi connectivity index (χ3n) is 7.20. The quantitative estimate of drug-likeness (QED) is 0.341. The van der Waals surface area contributed by atoms with Crippen molar-refractivity contribution in [2.45, 2.75) is 62.9 Å². The highest BCUT2D eigenvalue weighted by atomic mass is 32.2. The predicted octanol–water partition coefficient (Wildman–Crippen LogP) is 5.28. The molecule has 2 atom stereocenters. The number of nitrogens with one attached hydrogen (secondary N) is 1. The summed E-state index contributed by atoms with van der Waals surface area (Å²) < 4.78 is 75.2. The van der Waals surface area contributed by atoms with Gasteiger partial charge in [0, 0.05) is 6.54 Å². The van der Waals surface area contributed by atoms with Crippen LogP contribution in [0.1, 0.15) is 66.1 Å². The molecular weight excluding hydrogens is 556 g/mol. The normalized spacial score (nSPS) is 18.4. The highest BCUT2D eigenvalue weighted by molar-refractivity contribution is 7.92. The molecule has 2 aliphatic rings. The van der Waals surface area contributed by atoms with Crippen LogP contribution in [0.4, 0.5) is 23.2 Å². The zero-order valence-electron chi connectivity index (χ0n) is 22.1. The first kappa shape index (κ1) is 31.3. The fourth-order valence-corrected chi connectivity index (χ4v) is 6.39. The van der Waals surface area contributed by atoms with Gasteiger partial charge in [-0.15, -0.1) is 0 Å². The number of nitrogens with zero attached hydrogens (tertiary/aromatic N) is 1. The Morgan fingerprint density at radius 2 is 1.68 bits per heavy atom. The summed E-state index contributed by atoms with van der Waals surface area (Å²) in [5.74, 6) is -4.13. The Morgan fingerprint density at radius 1 is 1.05 bits per heavy atom. The number of carboxylic acids is 2. The lowest BCUT2D eigenvalue weighted by atomic mass is 9.87. The lowest BCUT2D eigenvalue weighted by Crippen LogP contribution is -2.25. The Hall–Kier alpha value is -3.19. The number of carboxylic acid groups (broad SMARTS) is 2. The van der Waals surface area contributed by atoms with E-state index in [2.05, 4.69) is 23.5 Å². The maximum Gasteiger partial charge on any atom is 0.490 e. The first-order valence-electron chi connectivity index (χ1n) is 12.9. The first-order chi connectivity index (χ1) is 18.7. The van der Waals surface area contributed by atoms with Crippen molar-refractivity contribution in [3.8, 4) is 0 Å². The van der Waals surface area contributed by atoms with Crippen LogP contribution >= 0.6 is 0 Å². The number of fused-ring (bicyclic) bond motifs is 1. The van der Waals surface area contributed by atoms with Crippen molar-refractivity contribution in [2.75, 3.05) is 24.4 Å². The zero-order valence-corrected chi connectivity index (χ0v) is 22.9. The van der Waals surface area contributed by atoms with E-state index in [1.165, 1.54) is 18.2 Å². The number of sulfonamides is 1. The smallest absolute Gasteiger partial charge is 0.478 e. The van der Waals surface area contributed by atoms with E-state index in [1.807, 2.05) is 6.07 Å². The summed E-state index contributed by atoms with van der Waals surface area (Å²) in [6, 6.07) is 7.09. The summed E-state index contributed by atoms with van der Waals surface area (Å²) in [4.78, 5) is 23.3. The van der Waals surface area contributed by atoms with Crippen molar-refractivity contribution in [3.63, 3.8) is 0 Å². The third-order valence-corrected chi connectivity index (χ3v) is 8.64. The predicted molar refractivity (Wildman–Crippen MR) is 140 cm³/mol. The van der Waals surface area contributed by atoms with Gasteiger partial charge in [0.1, 0.15) is 5.82 Å². The van der Waals surface area contributed by atoms with Crippen LogP contribution in [0.25, 0.3) is 0 Å². The summed E-state index contributed by atoms with van der Waals surface area (Å²) in [7, 11) is -4.10. The molecule has 0 aliphatic heterocycles.